The lowest BCUT2D eigenvalue weighted by molar-refractivity contribution is 0.171. The molecule has 0 radical (unpaired) electrons. The summed E-state index contributed by atoms with van der Waals surface area (Å²) >= 11 is 5.57. The van der Waals surface area contributed by atoms with Gasteiger partial charge in [-0.25, -0.2) is 0 Å². The smallest absolute Gasteiger partial charge is 0.232 e. The van der Waals surface area contributed by atoms with Crippen molar-refractivity contribution in [3.05, 3.63) is 29.8 Å². The van der Waals surface area contributed by atoms with Crippen molar-refractivity contribution < 1.29 is 9.47 Å². The summed E-state index contributed by atoms with van der Waals surface area (Å²) in [6, 6.07) is 8.57. The highest BCUT2D eigenvalue weighted by Crippen LogP contribution is 2.31. The summed E-state index contributed by atoms with van der Waals surface area (Å²) in [7, 11) is 0. The number of anilines is 3. The molecule has 1 aromatic heterocycles. The second kappa shape index (κ2) is 9.99. The molecule has 1 aromatic carbocycles. The number of piperidine rings is 1. The van der Waals surface area contributed by atoms with Crippen molar-refractivity contribution in [1.29, 1.82) is 0 Å². The third kappa shape index (κ3) is 5.24. The van der Waals surface area contributed by atoms with Gasteiger partial charge in [0.2, 0.25) is 5.95 Å². The van der Waals surface area contributed by atoms with E-state index >= 15 is 0 Å². The molecule has 8 nitrogen and oxygen atoms in total. The summed E-state index contributed by atoms with van der Waals surface area (Å²) in [6.45, 7) is 7.13. The summed E-state index contributed by atoms with van der Waals surface area (Å²) in [5, 5.41) is 6.99. The minimum atomic E-state index is 0.480. The molecule has 0 spiro atoms. The molecular formula is C24H32N6O2S. The van der Waals surface area contributed by atoms with Gasteiger partial charge < -0.3 is 29.9 Å². The molecular weight excluding hydrogens is 436 g/mol. The van der Waals surface area contributed by atoms with Gasteiger partial charge in [-0.05, 0) is 68.9 Å². The quantitative estimate of drug-likeness (QED) is 0.639. The Morgan fingerprint density at radius 2 is 1.76 bits per heavy atom. The molecule has 33 heavy (non-hydrogen) atoms. The third-order valence-electron chi connectivity index (χ3n) is 6.51. The van der Waals surface area contributed by atoms with Gasteiger partial charge in [-0.2, -0.15) is 9.97 Å². The molecule has 2 N–H and O–H groups in total. The summed E-state index contributed by atoms with van der Waals surface area (Å²) < 4.78 is 11.3. The van der Waals surface area contributed by atoms with E-state index in [1.165, 1.54) is 32.1 Å². The number of hydrogen-bond donors (Lipinski definition) is 2. The van der Waals surface area contributed by atoms with E-state index in [9.17, 15) is 0 Å². The van der Waals surface area contributed by atoms with Crippen LogP contribution in [0.25, 0.3) is 0 Å². The van der Waals surface area contributed by atoms with Crippen molar-refractivity contribution in [3.8, 4) is 11.5 Å². The fraction of sp³-hybridized carbons (Fsp3) is 0.542. The first-order valence-corrected chi connectivity index (χ1v) is 12.4. The van der Waals surface area contributed by atoms with Crippen LogP contribution in [0.1, 0.15) is 44.6 Å². The Bertz CT molecular complexity index is 997. The maximum Gasteiger partial charge on any atom is 0.232 e. The van der Waals surface area contributed by atoms with Crippen LogP contribution in [0.4, 0.5) is 17.6 Å². The molecule has 2 saturated heterocycles. The number of hydrogen-bond acceptors (Lipinski definition) is 7. The Hall–Kier alpha value is -2.81. The average Bonchev–Trinajstić information content (AvgIpc) is 3.38. The Morgan fingerprint density at radius 3 is 2.58 bits per heavy atom. The first-order chi connectivity index (χ1) is 16.2. The molecule has 2 fully saturated rings. The molecule has 1 atom stereocenters. The van der Waals surface area contributed by atoms with E-state index in [-0.39, 0.29) is 0 Å². The minimum absolute atomic E-state index is 0.480. The minimum Gasteiger partial charge on any atom is -0.486 e. The SMILES string of the molecule is C[C@H]1CCCCN1c1cc(N2CCCC2)nc(NC(=S)NCc2ccc3c(c2)OCCO3)n1. The molecule has 0 amide bonds. The summed E-state index contributed by atoms with van der Waals surface area (Å²) in [5.41, 5.74) is 1.07. The number of benzene rings is 1. The first-order valence-electron chi connectivity index (χ1n) is 12.0. The van der Waals surface area contributed by atoms with Crippen LogP contribution in [-0.2, 0) is 6.54 Å². The number of rotatable bonds is 5. The molecule has 5 rings (SSSR count). The zero-order chi connectivity index (χ0) is 22.6. The number of nitrogens with one attached hydrogen (secondary N) is 2. The van der Waals surface area contributed by atoms with Crippen molar-refractivity contribution in [2.75, 3.05) is 48.0 Å². The predicted octanol–water partition coefficient (Wildman–Crippen LogP) is 3.71. The van der Waals surface area contributed by atoms with Crippen molar-refractivity contribution in [2.24, 2.45) is 0 Å². The number of nitrogens with zero attached hydrogens (tertiary/aromatic N) is 4. The second-order valence-electron chi connectivity index (χ2n) is 8.93. The van der Waals surface area contributed by atoms with Gasteiger partial charge in [0.25, 0.3) is 0 Å². The molecule has 0 unspecified atom stereocenters. The molecule has 4 heterocycles. The van der Waals surface area contributed by atoms with E-state index in [2.05, 4.69) is 33.4 Å². The molecule has 2 aromatic rings. The Morgan fingerprint density at radius 1 is 1.00 bits per heavy atom. The fourth-order valence-electron chi connectivity index (χ4n) is 4.70. The normalized spacial score (nSPS) is 20.0. The predicted molar refractivity (Wildman–Crippen MR) is 135 cm³/mol. The van der Waals surface area contributed by atoms with Crippen LogP contribution in [0.5, 0.6) is 11.5 Å². The second-order valence-corrected chi connectivity index (χ2v) is 9.33. The molecule has 0 aliphatic carbocycles. The largest absolute Gasteiger partial charge is 0.486 e. The Balaban J connectivity index is 1.28. The molecule has 3 aliphatic heterocycles. The van der Waals surface area contributed by atoms with Gasteiger partial charge in [0.1, 0.15) is 24.8 Å². The van der Waals surface area contributed by atoms with Gasteiger partial charge >= 0.3 is 0 Å². The maximum atomic E-state index is 5.68. The lowest BCUT2D eigenvalue weighted by Crippen LogP contribution is -2.38. The number of ether oxygens (including phenoxy) is 2. The summed E-state index contributed by atoms with van der Waals surface area (Å²) in [5.74, 6) is 4.08. The Labute approximate surface area is 200 Å². The van der Waals surface area contributed by atoms with E-state index in [1.807, 2.05) is 18.2 Å². The lowest BCUT2D eigenvalue weighted by Gasteiger charge is -2.35. The van der Waals surface area contributed by atoms with Crippen LogP contribution in [-0.4, -0.2) is 54.0 Å². The maximum absolute atomic E-state index is 5.68. The summed E-state index contributed by atoms with van der Waals surface area (Å²) in [4.78, 5) is 14.4. The van der Waals surface area contributed by atoms with Crippen LogP contribution >= 0.6 is 12.2 Å². The van der Waals surface area contributed by atoms with Crippen molar-refractivity contribution in [1.82, 2.24) is 15.3 Å². The van der Waals surface area contributed by atoms with Gasteiger partial charge in [0.15, 0.2) is 16.6 Å². The fourth-order valence-corrected chi connectivity index (χ4v) is 4.86. The van der Waals surface area contributed by atoms with Crippen LogP contribution in [0.3, 0.4) is 0 Å². The van der Waals surface area contributed by atoms with E-state index in [0.29, 0.717) is 36.9 Å². The zero-order valence-electron chi connectivity index (χ0n) is 19.2. The van der Waals surface area contributed by atoms with Crippen LogP contribution in [0.2, 0.25) is 0 Å². The third-order valence-corrected chi connectivity index (χ3v) is 6.76. The molecule has 176 valence electrons. The van der Waals surface area contributed by atoms with E-state index in [1.54, 1.807) is 0 Å². The van der Waals surface area contributed by atoms with Gasteiger partial charge in [-0.15, -0.1) is 0 Å². The lowest BCUT2D eigenvalue weighted by atomic mass is 10.0. The Kier molecular flexibility index (Phi) is 6.66. The van der Waals surface area contributed by atoms with E-state index < -0.39 is 0 Å². The van der Waals surface area contributed by atoms with Gasteiger partial charge in [-0.3, -0.25) is 0 Å². The van der Waals surface area contributed by atoms with E-state index in [0.717, 1.165) is 48.3 Å². The van der Waals surface area contributed by atoms with Gasteiger partial charge in [-0.1, -0.05) is 6.07 Å². The monoisotopic (exact) mass is 468 g/mol. The average molecular weight is 469 g/mol. The zero-order valence-corrected chi connectivity index (χ0v) is 20.0. The number of aromatic nitrogens is 2. The number of fused-ring (bicyclic) bond motifs is 1. The summed E-state index contributed by atoms with van der Waals surface area (Å²) in [6.07, 6.45) is 6.09. The standard InChI is InChI=1S/C24H32N6O2S/c1-17-6-2-3-11-30(17)22-15-21(29-9-4-5-10-29)26-23(27-22)28-24(33)25-16-18-7-8-19-20(14-18)32-13-12-31-19/h7-8,14-15,17H,2-6,9-13,16H2,1H3,(H2,25,26,27,28,33)/t17-/m0/s1. The van der Waals surface area contributed by atoms with Crippen molar-refractivity contribution in [3.63, 3.8) is 0 Å². The molecule has 0 bridgehead atoms. The van der Waals surface area contributed by atoms with Gasteiger partial charge in [0.05, 0.1) is 0 Å². The van der Waals surface area contributed by atoms with Crippen LogP contribution in [0.15, 0.2) is 24.3 Å². The highest BCUT2D eigenvalue weighted by molar-refractivity contribution is 7.80. The van der Waals surface area contributed by atoms with E-state index in [4.69, 9.17) is 31.7 Å². The first kappa shape index (κ1) is 22.0. The van der Waals surface area contributed by atoms with Crippen LogP contribution in [0, 0.1) is 0 Å². The van der Waals surface area contributed by atoms with Crippen LogP contribution < -0.4 is 29.9 Å². The molecule has 0 saturated carbocycles. The highest BCUT2D eigenvalue weighted by Gasteiger charge is 2.23. The van der Waals surface area contributed by atoms with Crippen molar-refractivity contribution in [2.45, 2.75) is 51.6 Å². The van der Waals surface area contributed by atoms with Crippen molar-refractivity contribution >= 4 is 34.9 Å². The number of thiocarbonyl (C=S) groups is 1. The molecule has 9 heteroatoms. The highest BCUT2D eigenvalue weighted by atomic mass is 32.1. The topological polar surface area (TPSA) is 74.8 Å². The molecule has 3 aliphatic rings. The van der Waals surface area contributed by atoms with Gasteiger partial charge in [0, 0.05) is 38.3 Å².